The zero-order chi connectivity index (χ0) is 49.6. The fourth-order valence-electron chi connectivity index (χ4n) is 11.9. The second-order valence-electron chi connectivity index (χ2n) is 22.2. The van der Waals surface area contributed by atoms with Gasteiger partial charge in [0.15, 0.2) is 17.4 Å². The first-order chi connectivity index (χ1) is 34.1. The molecule has 4 N–H and O–H groups in total. The molecule has 5 saturated heterocycles. The average molecular weight is 977 g/mol. The summed E-state index contributed by atoms with van der Waals surface area (Å²) in [5.74, 6) is 1.52. The highest BCUT2D eigenvalue weighted by Gasteiger charge is 2.46. The van der Waals surface area contributed by atoms with Gasteiger partial charge in [-0.25, -0.2) is 9.78 Å². The van der Waals surface area contributed by atoms with E-state index in [1.807, 2.05) is 44.3 Å². The lowest BCUT2D eigenvalue weighted by atomic mass is 9.91. The number of aromatic nitrogens is 4. The number of hydrogen-bond acceptors (Lipinski definition) is 17. The van der Waals surface area contributed by atoms with E-state index in [1.54, 1.807) is 32.9 Å². The molecule has 6 fully saturated rings. The second kappa shape index (κ2) is 20.4. The fraction of sp³-hybridized carbons (Fsp3) is 0.623. The summed E-state index contributed by atoms with van der Waals surface area (Å²) < 4.78 is 24.5. The molecule has 1 amide bonds. The number of piperidine rings is 2. The summed E-state index contributed by atoms with van der Waals surface area (Å²) in [5, 5.41) is 33.9. The van der Waals surface area contributed by atoms with Crippen LogP contribution < -0.4 is 25.2 Å². The number of nitrogen functional groups attached to an aromatic ring is 1. The molecule has 18 heteroatoms. The van der Waals surface area contributed by atoms with E-state index >= 15 is 0 Å². The highest BCUT2D eigenvalue weighted by molar-refractivity contribution is 5.89. The minimum atomic E-state index is -0.840. The Kier molecular flexibility index (Phi) is 14.1. The number of likely N-dealkylation sites (tertiary alicyclic amines) is 2. The third kappa shape index (κ3) is 10.9. The Morgan fingerprint density at radius 1 is 0.859 bits per heavy atom. The predicted molar refractivity (Wildman–Crippen MR) is 268 cm³/mol. The Labute approximate surface area is 416 Å². The fourth-order valence-corrected chi connectivity index (χ4v) is 11.9. The van der Waals surface area contributed by atoms with E-state index in [2.05, 4.69) is 52.1 Å². The van der Waals surface area contributed by atoms with Gasteiger partial charge >= 0.3 is 5.97 Å². The van der Waals surface area contributed by atoms with Crippen LogP contribution in [-0.4, -0.2) is 153 Å². The lowest BCUT2D eigenvalue weighted by molar-refractivity contribution is -0.163. The maximum absolute atomic E-state index is 14.0. The number of nitrogens with zero attached hydrogens (tertiary/aromatic N) is 9. The van der Waals surface area contributed by atoms with E-state index < -0.39 is 29.6 Å². The van der Waals surface area contributed by atoms with Gasteiger partial charge in [0.2, 0.25) is 11.8 Å². The number of aromatic hydroxyl groups is 1. The number of pyridine rings is 1. The number of nitrogens with two attached hydrogens (primary N) is 1. The van der Waals surface area contributed by atoms with Gasteiger partial charge in [-0.3, -0.25) is 4.79 Å². The van der Waals surface area contributed by atoms with Crippen LogP contribution in [0.4, 0.5) is 23.0 Å². The number of phenolic OH excluding ortho intramolecular Hbond substituents is 1. The highest BCUT2D eigenvalue weighted by Crippen LogP contribution is 2.41. The lowest BCUT2D eigenvalue weighted by Gasteiger charge is -2.43. The molecule has 0 radical (unpaired) electrons. The largest absolute Gasteiger partial charge is 0.507 e. The van der Waals surface area contributed by atoms with Crippen LogP contribution in [0, 0.1) is 11.8 Å². The van der Waals surface area contributed by atoms with Crippen molar-refractivity contribution in [3.63, 3.8) is 0 Å². The van der Waals surface area contributed by atoms with Crippen molar-refractivity contribution < 1.29 is 38.5 Å². The van der Waals surface area contributed by atoms with Crippen molar-refractivity contribution in [2.45, 2.75) is 146 Å². The summed E-state index contributed by atoms with van der Waals surface area (Å²) in [7, 11) is 0. The topological polar surface area (TPSA) is 209 Å². The van der Waals surface area contributed by atoms with Crippen molar-refractivity contribution >= 4 is 34.9 Å². The number of β-amino-alcohol motifs (C(OH)–C–C–N with tert-alkyl or cyclic N) is 1. The number of amides is 1. The van der Waals surface area contributed by atoms with Gasteiger partial charge in [0.05, 0.1) is 29.7 Å². The first-order valence-electron chi connectivity index (χ1n) is 26.0. The first kappa shape index (κ1) is 48.9. The number of hydrogen-bond donors (Lipinski definition) is 3. The minimum absolute atomic E-state index is 0.0790. The zero-order valence-electron chi connectivity index (χ0n) is 41.9. The van der Waals surface area contributed by atoms with Crippen LogP contribution in [0.3, 0.4) is 0 Å². The van der Waals surface area contributed by atoms with Crippen molar-refractivity contribution in [3.05, 3.63) is 60.5 Å². The number of piperazine rings is 1. The summed E-state index contributed by atoms with van der Waals surface area (Å²) in [4.78, 5) is 42.9. The van der Waals surface area contributed by atoms with Gasteiger partial charge in [0.25, 0.3) is 0 Å². The number of benzene rings is 1. The maximum Gasteiger partial charge on any atom is 0.329 e. The van der Waals surface area contributed by atoms with E-state index in [0.29, 0.717) is 46.7 Å². The monoisotopic (exact) mass is 977 g/mol. The Balaban J connectivity index is 0.642. The van der Waals surface area contributed by atoms with E-state index in [-0.39, 0.29) is 48.9 Å². The molecule has 1 saturated carbocycles. The molecule has 71 heavy (non-hydrogen) atoms. The standard InChI is InChI=1S/C53H72N10O8/c1-32(2)49(51(66)62-31-37(64)23-44(62)52(67)70-53(3,4)5)46-27-47(58-71-46)60-20-13-33(14-21-60)28-59-18-15-38(16-19-59)68-39-24-40(25-39)69-48-22-34(12-17-55-48)63-35-10-11-36(63)30-61(29-35)43-26-42(56-57-50(43)54)41-8-6-7-9-45(41)65/h6-9,12,17,22,26-27,32-33,35-40,44,49,64-65H,10-11,13-16,18-21,23-25,28-31H2,1-5H3,(H2,54,57)/t35?,36?,37-,39?,40?,44+,49+/m1/s1. The first-order valence-corrected chi connectivity index (χ1v) is 26.0. The zero-order valence-corrected chi connectivity index (χ0v) is 41.9. The van der Waals surface area contributed by atoms with Crippen LogP contribution in [-0.2, 0) is 19.1 Å². The van der Waals surface area contributed by atoms with E-state index in [0.717, 1.165) is 114 Å². The molecule has 0 spiro atoms. The molecule has 5 aliphatic heterocycles. The van der Waals surface area contributed by atoms with Crippen molar-refractivity contribution in [3.8, 4) is 22.9 Å². The third-order valence-corrected chi connectivity index (χ3v) is 15.5. The molecular formula is C53H72N10O8. The number of rotatable bonds is 14. The molecule has 10 rings (SSSR count). The van der Waals surface area contributed by atoms with Gasteiger partial charge in [-0.1, -0.05) is 31.1 Å². The molecule has 1 aliphatic carbocycles. The number of anilines is 4. The molecule has 5 atom stereocenters. The van der Waals surface area contributed by atoms with Crippen LogP contribution in [0.1, 0.15) is 104 Å². The molecule has 8 heterocycles. The molecule has 18 nitrogen and oxygen atoms in total. The number of aliphatic hydroxyl groups excluding tert-OH is 1. The van der Waals surface area contributed by atoms with E-state index in [4.69, 9.17) is 24.5 Å². The van der Waals surface area contributed by atoms with Gasteiger partial charge in [-0.05, 0) is 95.4 Å². The van der Waals surface area contributed by atoms with E-state index in [9.17, 15) is 19.8 Å². The van der Waals surface area contributed by atoms with Crippen LogP contribution in [0.5, 0.6) is 11.6 Å². The molecule has 3 aromatic heterocycles. The number of carbonyl (C=O) groups is 2. The molecule has 382 valence electrons. The Bertz CT molecular complexity index is 2480. The van der Waals surface area contributed by atoms with Gasteiger partial charge < -0.3 is 59.2 Å². The molecule has 1 aromatic carbocycles. The Hall–Kier alpha value is -5.72. The SMILES string of the molecule is CC(C)[C@H](C(=O)N1C[C@H](O)C[C@H]1C(=O)OC(C)(C)C)c1cc(N2CCC(CN3CCC(OC4CC(Oc5cc(N6C7CCC6CN(c6cc(-c8ccccc8O)nnc6N)C7)ccn5)C4)CC3)CC2)no1. The predicted octanol–water partition coefficient (Wildman–Crippen LogP) is 6.02. The molecule has 2 unspecified atom stereocenters. The van der Waals surface area contributed by atoms with Crippen LogP contribution in [0.25, 0.3) is 11.3 Å². The molecule has 2 bridgehead atoms. The number of para-hydroxylation sites is 1. The third-order valence-electron chi connectivity index (χ3n) is 15.5. The van der Waals surface area contributed by atoms with Crippen molar-refractivity contribution in [2.24, 2.45) is 11.8 Å². The average Bonchev–Trinajstić information content (AvgIpc) is 4.04. The van der Waals surface area contributed by atoms with Crippen LogP contribution >= 0.6 is 0 Å². The Morgan fingerprint density at radius 2 is 1.59 bits per heavy atom. The lowest BCUT2D eigenvalue weighted by Crippen LogP contribution is -2.54. The smallest absolute Gasteiger partial charge is 0.329 e. The summed E-state index contributed by atoms with van der Waals surface area (Å²) in [6.45, 7) is 15.9. The summed E-state index contributed by atoms with van der Waals surface area (Å²) in [5.41, 5.74) is 8.91. The number of phenols is 1. The minimum Gasteiger partial charge on any atom is -0.507 e. The van der Waals surface area contributed by atoms with Crippen molar-refractivity contribution in [1.29, 1.82) is 0 Å². The van der Waals surface area contributed by atoms with Crippen LogP contribution in [0.15, 0.2) is 59.3 Å². The summed E-state index contributed by atoms with van der Waals surface area (Å²) in [6.07, 6.45) is 9.88. The number of fused-ring (bicyclic) bond motifs is 2. The van der Waals surface area contributed by atoms with Gasteiger partial charge in [-0.15, -0.1) is 10.2 Å². The number of esters is 1. The quantitative estimate of drug-likeness (QED) is 0.123. The van der Waals surface area contributed by atoms with E-state index in [1.165, 1.54) is 4.90 Å². The second-order valence-corrected chi connectivity index (χ2v) is 22.2. The number of ether oxygens (including phenoxy) is 3. The van der Waals surface area contributed by atoms with Crippen molar-refractivity contribution in [1.82, 2.24) is 30.1 Å². The number of carbonyl (C=O) groups excluding carboxylic acids is 2. The van der Waals surface area contributed by atoms with Gasteiger partial charge in [0.1, 0.15) is 29.4 Å². The number of aliphatic hydroxyl groups is 1. The normalized spacial score (nSPS) is 26.0. The molecule has 4 aromatic rings. The van der Waals surface area contributed by atoms with Gasteiger partial charge in [-0.2, -0.15) is 0 Å². The molecular weight excluding hydrogens is 905 g/mol. The highest BCUT2D eigenvalue weighted by atomic mass is 16.6. The Morgan fingerprint density at radius 3 is 2.30 bits per heavy atom. The van der Waals surface area contributed by atoms with Crippen LogP contribution in [0.2, 0.25) is 0 Å². The van der Waals surface area contributed by atoms with Crippen molar-refractivity contribution in [2.75, 3.05) is 72.8 Å². The molecule has 6 aliphatic rings. The summed E-state index contributed by atoms with van der Waals surface area (Å²) in [6, 6.07) is 14.9. The van der Waals surface area contributed by atoms with Gasteiger partial charge in [0, 0.05) is 113 Å². The summed E-state index contributed by atoms with van der Waals surface area (Å²) >= 11 is 0. The maximum atomic E-state index is 14.0.